The van der Waals surface area contributed by atoms with Gasteiger partial charge in [-0.1, -0.05) is 0 Å². The number of rotatable bonds is 2. The van der Waals surface area contributed by atoms with Gasteiger partial charge in [0.15, 0.2) is 5.75 Å². The van der Waals surface area contributed by atoms with Gasteiger partial charge >= 0.3 is 6.61 Å². The number of hydrogen-bond acceptors (Lipinski definition) is 3. The van der Waals surface area contributed by atoms with Crippen molar-refractivity contribution in [2.24, 2.45) is 0 Å². The molecular weight excluding hydrogens is 204 g/mol. The molecule has 4 nitrogen and oxygen atoms in total. The van der Waals surface area contributed by atoms with Crippen molar-refractivity contribution in [2.75, 3.05) is 5.73 Å². The Labute approximate surface area is 84.0 Å². The van der Waals surface area contributed by atoms with Gasteiger partial charge in [-0.05, 0) is 18.6 Å². The van der Waals surface area contributed by atoms with E-state index in [2.05, 4.69) is 14.9 Å². The number of aromatic amines is 1. The minimum Gasteiger partial charge on any atom is -0.432 e. The van der Waals surface area contributed by atoms with Gasteiger partial charge in [-0.3, -0.25) is 5.10 Å². The third kappa shape index (κ3) is 1.58. The molecule has 3 N–H and O–H groups in total. The van der Waals surface area contributed by atoms with E-state index in [4.69, 9.17) is 5.73 Å². The minimum atomic E-state index is -2.88. The fourth-order valence-electron chi connectivity index (χ4n) is 1.48. The topological polar surface area (TPSA) is 63.9 Å². The van der Waals surface area contributed by atoms with Gasteiger partial charge in [0.05, 0.1) is 17.4 Å². The normalized spacial score (nSPS) is 11.2. The lowest BCUT2D eigenvalue weighted by atomic mass is 10.1. The van der Waals surface area contributed by atoms with Gasteiger partial charge in [-0.25, -0.2) is 0 Å². The summed E-state index contributed by atoms with van der Waals surface area (Å²) in [7, 11) is 0. The zero-order chi connectivity index (χ0) is 11.0. The van der Waals surface area contributed by atoms with Crippen LogP contribution in [0.1, 0.15) is 5.56 Å². The zero-order valence-corrected chi connectivity index (χ0v) is 7.92. The summed E-state index contributed by atoms with van der Waals surface area (Å²) >= 11 is 0. The lowest BCUT2D eigenvalue weighted by Gasteiger charge is -2.11. The summed E-state index contributed by atoms with van der Waals surface area (Å²) in [5.41, 5.74) is 7.12. The molecule has 0 bridgehead atoms. The van der Waals surface area contributed by atoms with Crippen LogP contribution in [-0.4, -0.2) is 16.8 Å². The Morgan fingerprint density at radius 2 is 2.27 bits per heavy atom. The van der Waals surface area contributed by atoms with Gasteiger partial charge in [0.2, 0.25) is 0 Å². The number of anilines is 1. The predicted octanol–water partition coefficient (Wildman–Crippen LogP) is 2.05. The van der Waals surface area contributed by atoms with E-state index in [-0.39, 0.29) is 11.4 Å². The maximum atomic E-state index is 12.1. The summed E-state index contributed by atoms with van der Waals surface area (Å²) in [6.45, 7) is -1.23. The number of hydrogen-bond donors (Lipinski definition) is 2. The second kappa shape index (κ2) is 3.38. The highest BCUT2D eigenvalue weighted by Gasteiger charge is 2.14. The van der Waals surface area contributed by atoms with Crippen molar-refractivity contribution in [1.82, 2.24) is 10.2 Å². The minimum absolute atomic E-state index is 0.0129. The molecule has 1 heterocycles. The van der Waals surface area contributed by atoms with Crippen LogP contribution in [-0.2, 0) is 0 Å². The average Bonchev–Trinajstić information content (AvgIpc) is 2.59. The molecule has 1 aromatic heterocycles. The van der Waals surface area contributed by atoms with E-state index >= 15 is 0 Å². The van der Waals surface area contributed by atoms with Gasteiger partial charge in [0.1, 0.15) is 0 Å². The van der Waals surface area contributed by atoms with Crippen molar-refractivity contribution in [1.29, 1.82) is 0 Å². The number of nitrogens with two attached hydrogens (primary N) is 1. The van der Waals surface area contributed by atoms with Crippen molar-refractivity contribution in [3.8, 4) is 5.75 Å². The van der Waals surface area contributed by atoms with Crippen molar-refractivity contribution in [3.05, 3.63) is 17.8 Å². The fraction of sp³-hybridized carbons (Fsp3) is 0.222. The first kappa shape index (κ1) is 9.70. The summed E-state index contributed by atoms with van der Waals surface area (Å²) in [5.74, 6) is 0.0129. The molecule has 0 unspecified atom stereocenters. The third-order valence-electron chi connectivity index (χ3n) is 2.13. The van der Waals surface area contributed by atoms with Crippen molar-refractivity contribution >= 4 is 16.6 Å². The number of nitrogens with zero attached hydrogens (tertiary/aromatic N) is 1. The Hall–Kier alpha value is -1.85. The quantitative estimate of drug-likeness (QED) is 0.750. The first-order chi connectivity index (χ1) is 7.09. The first-order valence-corrected chi connectivity index (χ1v) is 4.26. The van der Waals surface area contributed by atoms with E-state index in [0.717, 1.165) is 0 Å². The maximum absolute atomic E-state index is 12.1. The fourth-order valence-corrected chi connectivity index (χ4v) is 1.48. The number of aryl methyl sites for hydroxylation is 1. The van der Waals surface area contributed by atoms with E-state index in [1.807, 2.05) is 0 Å². The molecule has 0 aliphatic rings. The standard InChI is InChI=1S/C9H9F2N3O/c1-4-2-6-5(3-13-14-6)7(12)8(4)15-9(10)11/h2-3,9H,12H2,1H3,(H,13,14). The number of nitrogen functional groups attached to an aromatic ring is 1. The molecule has 0 aliphatic heterocycles. The van der Waals surface area contributed by atoms with Crippen molar-refractivity contribution in [2.45, 2.75) is 13.5 Å². The van der Waals surface area contributed by atoms with Crippen LogP contribution in [0.5, 0.6) is 5.75 Å². The monoisotopic (exact) mass is 213 g/mol. The van der Waals surface area contributed by atoms with Crippen LogP contribution in [0.25, 0.3) is 10.9 Å². The first-order valence-electron chi connectivity index (χ1n) is 4.26. The molecule has 0 amide bonds. The molecular formula is C9H9F2N3O. The molecule has 0 spiro atoms. The van der Waals surface area contributed by atoms with Gasteiger partial charge < -0.3 is 10.5 Å². The molecule has 2 aromatic rings. The molecule has 6 heteroatoms. The Kier molecular flexibility index (Phi) is 2.18. The molecule has 2 rings (SSSR count). The van der Waals surface area contributed by atoms with Crippen LogP contribution in [0.3, 0.4) is 0 Å². The van der Waals surface area contributed by atoms with E-state index in [9.17, 15) is 8.78 Å². The van der Waals surface area contributed by atoms with E-state index in [1.54, 1.807) is 13.0 Å². The summed E-state index contributed by atoms with van der Waals surface area (Å²) < 4.78 is 28.6. The molecule has 80 valence electrons. The largest absolute Gasteiger partial charge is 0.432 e. The number of fused-ring (bicyclic) bond motifs is 1. The van der Waals surface area contributed by atoms with E-state index < -0.39 is 6.61 Å². The average molecular weight is 213 g/mol. The molecule has 0 saturated carbocycles. The molecule has 0 saturated heterocycles. The number of halogens is 2. The molecule has 0 aliphatic carbocycles. The lowest BCUT2D eigenvalue weighted by molar-refractivity contribution is -0.0496. The number of H-pyrrole nitrogens is 1. The number of alkyl halides is 2. The van der Waals surface area contributed by atoms with Gasteiger partial charge in [-0.15, -0.1) is 0 Å². The van der Waals surface area contributed by atoms with Crippen LogP contribution >= 0.6 is 0 Å². The van der Waals surface area contributed by atoms with Crippen molar-refractivity contribution < 1.29 is 13.5 Å². The molecule has 15 heavy (non-hydrogen) atoms. The summed E-state index contributed by atoms with van der Waals surface area (Å²) in [6.07, 6.45) is 1.47. The predicted molar refractivity (Wildman–Crippen MR) is 51.9 cm³/mol. The van der Waals surface area contributed by atoms with Crippen LogP contribution in [0.2, 0.25) is 0 Å². The van der Waals surface area contributed by atoms with Gasteiger partial charge in [-0.2, -0.15) is 13.9 Å². The Morgan fingerprint density at radius 3 is 2.93 bits per heavy atom. The molecule has 0 radical (unpaired) electrons. The molecule has 0 atom stereocenters. The highest BCUT2D eigenvalue weighted by Crippen LogP contribution is 2.34. The Balaban J connectivity index is 2.61. The summed E-state index contributed by atoms with van der Waals surface area (Å²) in [4.78, 5) is 0. The van der Waals surface area contributed by atoms with Crippen LogP contribution in [0.15, 0.2) is 12.3 Å². The molecule has 0 fully saturated rings. The number of nitrogens with one attached hydrogen (secondary N) is 1. The van der Waals surface area contributed by atoms with Crippen molar-refractivity contribution in [3.63, 3.8) is 0 Å². The number of aromatic nitrogens is 2. The Morgan fingerprint density at radius 1 is 1.53 bits per heavy atom. The maximum Gasteiger partial charge on any atom is 0.387 e. The lowest BCUT2D eigenvalue weighted by Crippen LogP contribution is -2.06. The van der Waals surface area contributed by atoms with Crippen LogP contribution in [0.4, 0.5) is 14.5 Å². The highest BCUT2D eigenvalue weighted by atomic mass is 19.3. The SMILES string of the molecule is Cc1cc2[nH]ncc2c(N)c1OC(F)F. The Bertz CT molecular complexity index is 495. The zero-order valence-electron chi connectivity index (χ0n) is 7.92. The third-order valence-corrected chi connectivity index (χ3v) is 2.13. The summed E-state index contributed by atoms with van der Waals surface area (Å²) in [6, 6.07) is 1.66. The van der Waals surface area contributed by atoms with E-state index in [1.165, 1.54) is 6.20 Å². The van der Waals surface area contributed by atoms with Gasteiger partial charge in [0.25, 0.3) is 0 Å². The number of benzene rings is 1. The number of ether oxygens (including phenoxy) is 1. The smallest absolute Gasteiger partial charge is 0.387 e. The van der Waals surface area contributed by atoms with Crippen LogP contribution < -0.4 is 10.5 Å². The van der Waals surface area contributed by atoms with E-state index in [0.29, 0.717) is 16.5 Å². The second-order valence-electron chi connectivity index (χ2n) is 3.15. The summed E-state index contributed by atoms with van der Waals surface area (Å²) in [5, 5.41) is 7.06. The highest BCUT2D eigenvalue weighted by molar-refractivity contribution is 5.94. The molecule has 1 aromatic carbocycles. The second-order valence-corrected chi connectivity index (χ2v) is 3.15. The van der Waals surface area contributed by atoms with Crippen LogP contribution in [0, 0.1) is 6.92 Å². The van der Waals surface area contributed by atoms with Gasteiger partial charge in [0, 0.05) is 5.39 Å².